The molecule has 0 aliphatic carbocycles. The van der Waals surface area contributed by atoms with Gasteiger partial charge in [-0.25, -0.2) is 0 Å². The van der Waals surface area contributed by atoms with Gasteiger partial charge in [0.15, 0.2) is 0 Å². The van der Waals surface area contributed by atoms with E-state index in [9.17, 15) is 9.59 Å². The zero-order valence-electron chi connectivity index (χ0n) is 10.0. The predicted molar refractivity (Wildman–Crippen MR) is 61.7 cm³/mol. The molecule has 0 radical (unpaired) electrons. The van der Waals surface area contributed by atoms with Crippen molar-refractivity contribution >= 4 is 11.8 Å². The Morgan fingerprint density at radius 1 is 1.44 bits per heavy atom. The third-order valence-corrected chi connectivity index (χ3v) is 2.84. The Morgan fingerprint density at radius 2 is 2.12 bits per heavy atom. The van der Waals surface area contributed by atoms with E-state index in [1.165, 1.54) is 0 Å². The highest BCUT2D eigenvalue weighted by Crippen LogP contribution is 2.11. The van der Waals surface area contributed by atoms with Gasteiger partial charge < -0.3 is 16.0 Å². The van der Waals surface area contributed by atoms with Crippen LogP contribution in [0.3, 0.4) is 0 Å². The molecule has 0 aromatic carbocycles. The average Bonchev–Trinajstić information content (AvgIpc) is 2.25. The first-order chi connectivity index (χ1) is 7.52. The first-order valence-corrected chi connectivity index (χ1v) is 5.84. The standard InChI is InChI=1S/C11H21N3O2/c1-8(2)14(7-10(12)15)11(16)9-5-3-4-6-13-9/h8-9,13H,3-7H2,1-2H3,(H2,12,15)/t9-/m0/s1. The molecule has 0 spiro atoms. The number of nitrogens with zero attached hydrogens (tertiary/aromatic N) is 1. The number of hydrogen-bond acceptors (Lipinski definition) is 3. The quantitative estimate of drug-likeness (QED) is 0.701. The van der Waals surface area contributed by atoms with E-state index in [0.29, 0.717) is 0 Å². The molecule has 0 saturated carbocycles. The number of hydrogen-bond donors (Lipinski definition) is 2. The molecule has 2 amide bonds. The highest BCUT2D eigenvalue weighted by Gasteiger charge is 2.27. The van der Waals surface area contributed by atoms with Crippen molar-refractivity contribution < 1.29 is 9.59 Å². The van der Waals surface area contributed by atoms with Crippen LogP contribution in [0.5, 0.6) is 0 Å². The lowest BCUT2D eigenvalue weighted by molar-refractivity contribution is -0.139. The lowest BCUT2D eigenvalue weighted by atomic mass is 10.0. The maximum Gasteiger partial charge on any atom is 0.240 e. The molecular weight excluding hydrogens is 206 g/mol. The SMILES string of the molecule is CC(C)N(CC(N)=O)C(=O)[C@@H]1CCCCN1. The zero-order valence-corrected chi connectivity index (χ0v) is 10.0. The second kappa shape index (κ2) is 5.84. The van der Waals surface area contributed by atoms with Gasteiger partial charge in [-0.3, -0.25) is 9.59 Å². The van der Waals surface area contributed by atoms with E-state index in [-0.39, 0.29) is 24.5 Å². The molecule has 0 aromatic rings. The summed E-state index contributed by atoms with van der Waals surface area (Å²) in [6.45, 7) is 4.67. The Morgan fingerprint density at radius 3 is 2.56 bits per heavy atom. The van der Waals surface area contributed by atoms with E-state index in [1.807, 2.05) is 13.8 Å². The lowest BCUT2D eigenvalue weighted by Gasteiger charge is -2.31. The van der Waals surface area contributed by atoms with Gasteiger partial charge in [0.1, 0.15) is 0 Å². The topological polar surface area (TPSA) is 75.4 Å². The van der Waals surface area contributed by atoms with Crippen LogP contribution in [0.25, 0.3) is 0 Å². The Kier molecular flexibility index (Phi) is 4.73. The second-order valence-electron chi connectivity index (χ2n) is 4.53. The number of piperidine rings is 1. The van der Waals surface area contributed by atoms with E-state index >= 15 is 0 Å². The minimum atomic E-state index is -0.460. The van der Waals surface area contributed by atoms with Gasteiger partial charge >= 0.3 is 0 Å². The van der Waals surface area contributed by atoms with Crippen molar-refractivity contribution in [2.24, 2.45) is 5.73 Å². The summed E-state index contributed by atoms with van der Waals surface area (Å²) in [7, 11) is 0. The summed E-state index contributed by atoms with van der Waals surface area (Å²) in [4.78, 5) is 24.6. The summed E-state index contributed by atoms with van der Waals surface area (Å²) in [5, 5.41) is 3.18. The third-order valence-electron chi connectivity index (χ3n) is 2.84. The van der Waals surface area contributed by atoms with Gasteiger partial charge in [0.2, 0.25) is 11.8 Å². The minimum absolute atomic E-state index is 0.00345. The van der Waals surface area contributed by atoms with Crippen molar-refractivity contribution in [1.29, 1.82) is 0 Å². The van der Waals surface area contributed by atoms with Crippen molar-refractivity contribution in [2.75, 3.05) is 13.1 Å². The van der Waals surface area contributed by atoms with Crippen molar-refractivity contribution in [3.05, 3.63) is 0 Å². The first-order valence-electron chi connectivity index (χ1n) is 5.84. The molecule has 1 aliphatic rings. The van der Waals surface area contributed by atoms with Crippen LogP contribution in [-0.2, 0) is 9.59 Å². The zero-order chi connectivity index (χ0) is 12.1. The highest BCUT2D eigenvalue weighted by molar-refractivity contribution is 5.87. The molecular formula is C11H21N3O2. The monoisotopic (exact) mass is 227 g/mol. The normalized spacial score (nSPS) is 20.8. The largest absolute Gasteiger partial charge is 0.368 e. The fourth-order valence-corrected chi connectivity index (χ4v) is 1.95. The fourth-order valence-electron chi connectivity index (χ4n) is 1.95. The van der Waals surface area contributed by atoms with Crippen LogP contribution in [0, 0.1) is 0 Å². The van der Waals surface area contributed by atoms with Gasteiger partial charge in [0.25, 0.3) is 0 Å². The minimum Gasteiger partial charge on any atom is -0.368 e. The van der Waals surface area contributed by atoms with Crippen molar-refractivity contribution in [2.45, 2.75) is 45.2 Å². The van der Waals surface area contributed by atoms with Gasteiger partial charge in [-0.1, -0.05) is 6.42 Å². The number of carbonyl (C=O) groups excluding carboxylic acids is 2. The molecule has 5 heteroatoms. The highest BCUT2D eigenvalue weighted by atomic mass is 16.2. The van der Waals surface area contributed by atoms with Crippen molar-refractivity contribution in [3.8, 4) is 0 Å². The predicted octanol–water partition coefficient (Wildman–Crippen LogP) is -0.149. The average molecular weight is 227 g/mol. The van der Waals surface area contributed by atoms with Gasteiger partial charge in [-0.2, -0.15) is 0 Å². The molecule has 1 aliphatic heterocycles. The third kappa shape index (κ3) is 3.48. The number of nitrogens with one attached hydrogen (secondary N) is 1. The smallest absolute Gasteiger partial charge is 0.240 e. The molecule has 92 valence electrons. The molecule has 1 heterocycles. The fraction of sp³-hybridized carbons (Fsp3) is 0.818. The van der Waals surface area contributed by atoms with E-state index < -0.39 is 5.91 Å². The molecule has 3 N–H and O–H groups in total. The Hall–Kier alpha value is -1.10. The Labute approximate surface area is 96.4 Å². The molecule has 16 heavy (non-hydrogen) atoms. The van der Waals surface area contributed by atoms with E-state index in [4.69, 9.17) is 5.73 Å². The second-order valence-corrected chi connectivity index (χ2v) is 4.53. The Balaban J connectivity index is 2.61. The molecule has 5 nitrogen and oxygen atoms in total. The van der Waals surface area contributed by atoms with Gasteiger partial charge in [-0.15, -0.1) is 0 Å². The number of amides is 2. The molecule has 1 rings (SSSR count). The lowest BCUT2D eigenvalue weighted by Crippen LogP contribution is -2.52. The summed E-state index contributed by atoms with van der Waals surface area (Å²) >= 11 is 0. The molecule has 1 saturated heterocycles. The number of carbonyl (C=O) groups is 2. The summed E-state index contributed by atoms with van der Waals surface area (Å²) < 4.78 is 0. The summed E-state index contributed by atoms with van der Waals surface area (Å²) in [6, 6.07) is -0.140. The van der Waals surface area contributed by atoms with Gasteiger partial charge in [0, 0.05) is 6.04 Å². The summed E-state index contributed by atoms with van der Waals surface area (Å²) in [6.07, 6.45) is 3.02. The maximum atomic E-state index is 12.1. The van der Waals surface area contributed by atoms with Crippen LogP contribution in [-0.4, -0.2) is 41.9 Å². The van der Waals surface area contributed by atoms with Crippen LogP contribution >= 0.6 is 0 Å². The van der Waals surface area contributed by atoms with E-state index in [0.717, 1.165) is 25.8 Å². The Bertz CT molecular complexity index is 260. The van der Waals surface area contributed by atoms with Crippen LogP contribution in [0.1, 0.15) is 33.1 Å². The number of nitrogens with two attached hydrogens (primary N) is 1. The molecule has 1 fully saturated rings. The maximum absolute atomic E-state index is 12.1. The van der Waals surface area contributed by atoms with E-state index in [1.54, 1.807) is 4.90 Å². The first kappa shape index (κ1) is 13.0. The van der Waals surface area contributed by atoms with Crippen LogP contribution in [0.4, 0.5) is 0 Å². The van der Waals surface area contributed by atoms with E-state index in [2.05, 4.69) is 5.32 Å². The summed E-state index contributed by atoms with van der Waals surface area (Å²) in [5.41, 5.74) is 5.15. The molecule has 1 atom stereocenters. The summed E-state index contributed by atoms with van der Waals surface area (Å²) in [5.74, 6) is -0.466. The molecule has 0 aromatic heterocycles. The molecule has 0 bridgehead atoms. The van der Waals surface area contributed by atoms with Crippen LogP contribution in [0.15, 0.2) is 0 Å². The van der Waals surface area contributed by atoms with Crippen molar-refractivity contribution in [3.63, 3.8) is 0 Å². The van der Waals surface area contributed by atoms with Crippen molar-refractivity contribution in [1.82, 2.24) is 10.2 Å². The van der Waals surface area contributed by atoms with Gasteiger partial charge in [-0.05, 0) is 33.2 Å². The van der Waals surface area contributed by atoms with Crippen LogP contribution < -0.4 is 11.1 Å². The van der Waals surface area contributed by atoms with Gasteiger partial charge in [0.05, 0.1) is 12.6 Å². The number of rotatable bonds is 4. The van der Waals surface area contributed by atoms with Crippen LogP contribution in [0.2, 0.25) is 0 Å². The number of primary amides is 1. The molecule has 0 unspecified atom stereocenters.